The summed E-state index contributed by atoms with van der Waals surface area (Å²) >= 11 is 6.28. The predicted octanol–water partition coefficient (Wildman–Crippen LogP) is 5.39. The van der Waals surface area contributed by atoms with Gasteiger partial charge in [0.25, 0.3) is 10.0 Å². The van der Waals surface area contributed by atoms with Gasteiger partial charge in [-0.05, 0) is 80.8 Å². The van der Waals surface area contributed by atoms with Crippen molar-refractivity contribution in [1.82, 2.24) is 0 Å². The molecule has 34 heavy (non-hydrogen) atoms. The lowest BCUT2D eigenvalue weighted by Gasteiger charge is -2.26. The first-order chi connectivity index (χ1) is 16.3. The van der Waals surface area contributed by atoms with Crippen molar-refractivity contribution in [3.8, 4) is 0 Å². The maximum Gasteiger partial charge on any atom is 0.264 e. The molecule has 0 aromatic heterocycles. The van der Waals surface area contributed by atoms with Crippen LogP contribution >= 0.6 is 11.6 Å². The fourth-order valence-electron chi connectivity index (χ4n) is 4.07. The third-order valence-corrected chi connectivity index (χ3v) is 8.21. The molecule has 0 atom stereocenters. The van der Waals surface area contributed by atoms with Gasteiger partial charge in [-0.2, -0.15) is 0 Å². The van der Waals surface area contributed by atoms with E-state index in [1.165, 1.54) is 12.8 Å². The summed E-state index contributed by atoms with van der Waals surface area (Å²) in [6.45, 7) is 5.32. The summed E-state index contributed by atoms with van der Waals surface area (Å²) in [6.07, 6.45) is 2.37. The lowest BCUT2D eigenvalue weighted by Crippen LogP contribution is -2.38. The van der Waals surface area contributed by atoms with Crippen LogP contribution < -0.4 is 14.5 Å². The largest absolute Gasteiger partial charge is 0.372 e. The van der Waals surface area contributed by atoms with E-state index in [2.05, 4.69) is 10.2 Å². The summed E-state index contributed by atoms with van der Waals surface area (Å²) in [4.78, 5) is 15.4. The van der Waals surface area contributed by atoms with Crippen LogP contribution in [0.25, 0.3) is 0 Å². The van der Waals surface area contributed by atoms with E-state index in [9.17, 15) is 13.2 Å². The van der Waals surface area contributed by atoms with Crippen molar-refractivity contribution in [2.24, 2.45) is 0 Å². The molecular formula is C26H28ClN3O3S. The molecule has 0 spiro atoms. The van der Waals surface area contributed by atoms with Crippen LogP contribution in [-0.2, 0) is 14.8 Å². The summed E-state index contributed by atoms with van der Waals surface area (Å²) in [5.41, 5.74) is 3.63. The number of anilines is 3. The molecule has 1 aliphatic rings. The fraction of sp³-hybridized carbons (Fsp3) is 0.269. The Hall–Kier alpha value is -3.03. The summed E-state index contributed by atoms with van der Waals surface area (Å²) in [6, 6.07) is 19.2. The fourth-order valence-corrected chi connectivity index (χ4v) is 5.71. The van der Waals surface area contributed by atoms with Crippen LogP contribution in [0.5, 0.6) is 0 Å². The van der Waals surface area contributed by atoms with Crippen LogP contribution in [0, 0.1) is 13.8 Å². The minimum absolute atomic E-state index is 0.111. The van der Waals surface area contributed by atoms with E-state index in [-0.39, 0.29) is 11.4 Å². The van der Waals surface area contributed by atoms with Crippen LogP contribution in [-0.4, -0.2) is 34.0 Å². The molecule has 1 aliphatic heterocycles. The number of benzene rings is 3. The summed E-state index contributed by atoms with van der Waals surface area (Å²) in [7, 11) is -4.01. The minimum Gasteiger partial charge on any atom is -0.372 e. The predicted molar refractivity (Wildman–Crippen MR) is 138 cm³/mol. The van der Waals surface area contributed by atoms with Crippen LogP contribution in [0.2, 0.25) is 5.02 Å². The number of hydrogen-bond donors (Lipinski definition) is 1. The van der Waals surface area contributed by atoms with Gasteiger partial charge in [-0.1, -0.05) is 35.4 Å². The third-order valence-electron chi connectivity index (χ3n) is 6.03. The number of hydrogen-bond acceptors (Lipinski definition) is 4. The number of sulfonamides is 1. The molecule has 0 radical (unpaired) electrons. The van der Waals surface area contributed by atoms with Gasteiger partial charge in [0.05, 0.1) is 10.6 Å². The van der Waals surface area contributed by atoms with Crippen molar-refractivity contribution >= 4 is 44.6 Å². The molecule has 0 bridgehead atoms. The average molecular weight is 498 g/mol. The van der Waals surface area contributed by atoms with E-state index in [4.69, 9.17) is 11.6 Å². The topological polar surface area (TPSA) is 69.7 Å². The highest BCUT2D eigenvalue weighted by Crippen LogP contribution is 2.31. The molecule has 0 unspecified atom stereocenters. The van der Waals surface area contributed by atoms with E-state index in [1.54, 1.807) is 49.4 Å². The first-order valence-electron chi connectivity index (χ1n) is 11.2. The zero-order valence-corrected chi connectivity index (χ0v) is 20.9. The Kier molecular flexibility index (Phi) is 7.14. The van der Waals surface area contributed by atoms with Gasteiger partial charge in [0.1, 0.15) is 6.54 Å². The van der Waals surface area contributed by atoms with Crippen molar-refractivity contribution in [2.75, 3.05) is 34.2 Å². The van der Waals surface area contributed by atoms with Crippen molar-refractivity contribution < 1.29 is 13.2 Å². The Labute approximate surface area is 206 Å². The molecule has 1 N–H and O–H groups in total. The number of aryl methyl sites for hydroxylation is 1. The monoisotopic (exact) mass is 497 g/mol. The zero-order chi connectivity index (χ0) is 24.3. The Morgan fingerprint density at radius 3 is 2.26 bits per heavy atom. The molecule has 3 aromatic rings. The lowest BCUT2D eigenvalue weighted by molar-refractivity contribution is -0.114. The van der Waals surface area contributed by atoms with Gasteiger partial charge in [-0.3, -0.25) is 9.10 Å². The molecule has 8 heteroatoms. The number of amides is 1. The second kappa shape index (κ2) is 10.1. The molecule has 6 nitrogen and oxygen atoms in total. The highest BCUT2D eigenvalue weighted by molar-refractivity contribution is 7.92. The number of nitrogens with zero attached hydrogens (tertiary/aromatic N) is 2. The Morgan fingerprint density at radius 2 is 1.62 bits per heavy atom. The number of halogens is 1. The molecule has 1 heterocycles. The zero-order valence-electron chi connectivity index (χ0n) is 19.3. The number of rotatable bonds is 7. The van der Waals surface area contributed by atoms with Gasteiger partial charge in [0.15, 0.2) is 0 Å². The molecule has 0 saturated carbocycles. The lowest BCUT2D eigenvalue weighted by atomic mass is 10.2. The SMILES string of the molecule is Cc1ccc(S(=O)(=O)N(CC(=O)Nc2ccc(N3CCCC3)cc2)c2cccc(Cl)c2C)cc1. The molecule has 1 amide bonds. The highest BCUT2D eigenvalue weighted by Gasteiger charge is 2.29. The van der Waals surface area contributed by atoms with E-state index in [0.29, 0.717) is 22.0 Å². The van der Waals surface area contributed by atoms with Gasteiger partial charge < -0.3 is 10.2 Å². The van der Waals surface area contributed by atoms with Gasteiger partial charge in [-0.25, -0.2) is 8.42 Å². The van der Waals surface area contributed by atoms with Crippen LogP contribution in [0.1, 0.15) is 24.0 Å². The summed E-state index contributed by atoms with van der Waals surface area (Å²) < 4.78 is 28.3. The smallest absolute Gasteiger partial charge is 0.264 e. The Balaban J connectivity index is 1.59. The van der Waals surface area contributed by atoms with Gasteiger partial charge in [0, 0.05) is 29.5 Å². The number of carbonyl (C=O) groups excluding carboxylic acids is 1. The summed E-state index contributed by atoms with van der Waals surface area (Å²) in [5.74, 6) is -0.441. The standard InChI is InChI=1S/C26H28ClN3O3S/c1-19-8-14-23(15-9-19)34(32,33)30(25-7-5-6-24(27)20(25)2)18-26(31)28-21-10-12-22(13-11-21)29-16-3-4-17-29/h5-15H,3-4,16-18H2,1-2H3,(H,28,31). The van der Waals surface area contributed by atoms with Gasteiger partial charge in [-0.15, -0.1) is 0 Å². The van der Waals surface area contributed by atoms with Crippen LogP contribution in [0.3, 0.4) is 0 Å². The van der Waals surface area contributed by atoms with Crippen molar-refractivity contribution in [3.05, 3.63) is 82.9 Å². The van der Waals surface area contributed by atoms with E-state index >= 15 is 0 Å². The van der Waals surface area contributed by atoms with Crippen molar-refractivity contribution in [1.29, 1.82) is 0 Å². The molecule has 178 valence electrons. The highest BCUT2D eigenvalue weighted by atomic mass is 35.5. The van der Waals surface area contributed by atoms with Crippen LogP contribution in [0.4, 0.5) is 17.1 Å². The van der Waals surface area contributed by atoms with Crippen LogP contribution in [0.15, 0.2) is 71.6 Å². The second-order valence-electron chi connectivity index (χ2n) is 8.50. The average Bonchev–Trinajstić information content (AvgIpc) is 3.35. The molecule has 0 aliphatic carbocycles. The Morgan fingerprint density at radius 1 is 0.971 bits per heavy atom. The minimum atomic E-state index is -4.01. The maximum atomic E-state index is 13.6. The van der Waals surface area contributed by atoms with Gasteiger partial charge in [0.2, 0.25) is 5.91 Å². The maximum absolute atomic E-state index is 13.6. The van der Waals surface area contributed by atoms with Crippen molar-refractivity contribution in [3.63, 3.8) is 0 Å². The van der Waals surface area contributed by atoms with E-state index in [0.717, 1.165) is 28.6 Å². The molecule has 1 fully saturated rings. The van der Waals surface area contributed by atoms with Gasteiger partial charge >= 0.3 is 0 Å². The number of carbonyl (C=O) groups is 1. The molecular weight excluding hydrogens is 470 g/mol. The summed E-state index contributed by atoms with van der Waals surface area (Å²) in [5, 5.41) is 3.26. The number of nitrogens with one attached hydrogen (secondary N) is 1. The molecule has 1 saturated heterocycles. The Bertz CT molecular complexity index is 1270. The van der Waals surface area contributed by atoms with E-state index < -0.39 is 15.9 Å². The molecule has 4 rings (SSSR count). The molecule has 3 aromatic carbocycles. The van der Waals surface area contributed by atoms with Crippen molar-refractivity contribution in [2.45, 2.75) is 31.6 Å². The first kappa shape index (κ1) is 24.1. The normalized spacial score (nSPS) is 13.7. The first-order valence-corrected chi connectivity index (χ1v) is 13.1. The van der Waals surface area contributed by atoms with E-state index in [1.807, 2.05) is 31.2 Å². The third kappa shape index (κ3) is 5.21. The second-order valence-corrected chi connectivity index (χ2v) is 10.8. The quantitative estimate of drug-likeness (QED) is 0.475.